The fraction of sp³-hybridized carbons (Fsp3) is 0.0500. The lowest BCUT2D eigenvalue weighted by Gasteiger charge is -2.17. The summed E-state index contributed by atoms with van der Waals surface area (Å²) in [5.41, 5.74) is 1.27. The Bertz CT molecular complexity index is 817. The second-order valence-electron chi connectivity index (χ2n) is 5.14. The number of nitrogens with zero attached hydrogens (tertiary/aromatic N) is 1. The van der Waals surface area contributed by atoms with Gasteiger partial charge in [0.2, 0.25) is 5.78 Å². The minimum Gasteiger partial charge on any atom is -0.444 e. The van der Waals surface area contributed by atoms with Gasteiger partial charge in [0.1, 0.15) is 5.69 Å². The second-order valence-corrected chi connectivity index (χ2v) is 5.14. The fourth-order valence-electron chi connectivity index (χ4n) is 2.31. The van der Waals surface area contributed by atoms with Crippen LogP contribution in [0.5, 0.6) is 0 Å². The monoisotopic (exact) mass is 317 g/mol. The van der Waals surface area contributed by atoms with Crippen LogP contribution in [0.15, 0.2) is 85.1 Å². The van der Waals surface area contributed by atoms with Crippen molar-refractivity contribution in [3.63, 3.8) is 0 Å². The van der Waals surface area contributed by atoms with Crippen molar-refractivity contribution in [3.8, 4) is 0 Å². The molecule has 4 nitrogen and oxygen atoms in total. The Balaban J connectivity index is 1.91. The van der Waals surface area contributed by atoms with Gasteiger partial charge in [-0.2, -0.15) is 0 Å². The number of ether oxygens (including phenoxy) is 1. The predicted octanol–water partition coefficient (Wildman–Crippen LogP) is 3.86. The van der Waals surface area contributed by atoms with Crippen molar-refractivity contribution in [2.45, 2.75) is 6.10 Å². The van der Waals surface area contributed by atoms with Gasteiger partial charge in [-0.25, -0.2) is 9.78 Å². The molecule has 0 aliphatic rings. The number of rotatable bonds is 5. The average molecular weight is 317 g/mol. The summed E-state index contributed by atoms with van der Waals surface area (Å²) in [4.78, 5) is 29.1. The molecule has 1 atom stereocenters. The lowest BCUT2D eigenvalue weighted by molar-refractivity contribution is 0.0274. The molecule has 3 aromatic rings. The zero-order chi connectivity index (χ0) is 16.8. The Morgan fingerprint density at radius 2 is 1.42 bits per heavy atom. The van der Waals surface area contributed by atoms with E-state index in [0.717, 1.165) is 0 Å². The van der Waals surface area contributed by atoms with E-state index in [9.17, 15) is 9.59 Å². The van der Waals surface area contributed by atoms with Crippen LogP contribution in [0.3, 0.4) is 0 Å². The third kappa shape index (κ3) is 3.55. The van der Waals surface area contributed by atoms with E-state index in [4.69, 9.17) is 4.74 Å². The van der Waals surface area contributed by atoms with E-state index >= 15 is 0 Å². The summed E-state index contributed by atoms with van der Waals surface area (Å²) in [7, 11) is 0. The van der Waals surface area contributed by atoms with Gasteiger partial charge < -0.3 is 4.74 Å². The van der Waals surface area contributed by atoms with Gasteiger partial charge in [-0.3, -0.25) is 4.79 Å². The van der Waals surface area contributed by atoms with Crippen molar-refractivity contribution >= 4 is 11.8 Å². The van der Waals surface area contributed by atoms with Crippen LogP contribution in [0.25, 0.3) is 0 Å². The first-order valence-electron chi connectivity index (χ1n) is 7.52. The molecule has 0 bridgehead atoms. The van der Waals surface area contributed by atoms with Crippen LogP contribution in [0, 0.1) is 0 Å². The molecule has 4 heteroatoms. The van der Waals surface area contributed by atoms with Gasteiger partial charge in [-0.05, 0) is 12.1 Å². The Morgan fingerprint density at radius 3 is 2.04 bits per heavy atom. The molecular weight excluding hydrogens is 302 g/mol. The molecule has 1 heterocycles. The van der Waals surface area contributed by atoms with E-state index in [1.54, 1.807) is 66.7 Å². The Kier molecular flexibility index (Phi) is 4.77. The van der Waals surface area contributed by atoms with Gasteiger partial charge in [0.05, 0.1) is 0 Å². The minimum absolute atomic E-state index is 0.166. The fourth-order valence-corrected chi connectivity index (χ4v) is 2.31. The number of pyridine rings is 1. The van der Waals surface area contributed by atoms with Gasteiger partial charge in [-0.15, -0.1) is 0 Å². The van der Waals surface area contributed by atoms with E-state index in [2.05, 4.69) is 4.98 Å². The number of hydrogen-bond donors (Lipinski definition) is 0. The molecule has 2 aromatic carbocycles. The van der Waals surface area contributed by atoms with Crippen LogP contribution in [0.4, 0.5) is 0 Å². The Morgan fingerprint density at radius 1 is 0.792 bits per heavy atom. The molecule has 0 fully saturated rings. The Hall–Kier alpha value is -3.27. The van der Waals surface area contributed by atoms with Crippen molar-refractivity contribution in [2.24, 2.45) is 0 Å². The predicted molar refractivity (Wildman–Crippen MR) is 89.6 cm³/mol. The molecule has 0 unspecified atom stereocenters. The average Bonchev–Trinajstić information content (AvgIpc) is 2.67. The highest BCUT2D eigenvalue weighted by Gasteiger charge is 2.26. The molecule has 0 aliphatic carbocycles. The first-order chi connectivity index (χ1) is 11.8. The molecule has 24 heavy (non-hydrogen) atoms. The van der Waals surface area contributed by atoms with Crippen molar-refractivity contribution in [3.05, 3.63) is 102 Å². The smallest absolute Gasteiger partial charge is 0.357 e. The first-order valence-corrected chi connectivity index (χ1v) is 7.52. The van der Waals surface area contributed by atoms with Crippen molar-refractivity contribution < 1.29 is 14.3 Å². The van der Waals surface area contributed by atoms with Crippen LogP contribution in [0.2, 0.25) is 0 Å². The SMILES string of the molecule is O=C(O[C@@H](C(=O)c1ccccc1)c1ccccc1)c1ccccn1. The zero-order valence-corrected chi connectivity index (χ0v) is 12.8. The molecule has 0 aliphatic heterocycles. The maximum Gasteiger partial charge on any atom is 0.357 e. The maximum absolute atomic E-state index is 12.8. The van der Waals surface area contributed by atoms with Crippen LogP contribution in [-0.2, 0) is 4.74 Å². The quantitative estimate of drug-likeness (QED) is 0.529. The summed E-state index contributed by atoms with van der Waals surface area (Å²) < 4.78 is 5.49. The number of carbonyl (C=O) groups is 2. The van der Waals surface area contributed by atoms with E-state index in [0.29, 0.717) is 11.1 Å². The standard InChI is InChI=1S/C20H15NO3/c22-18(15-9-3-1-4-10-15)19(16-11-5-2-6-12-16)24-20(23)17-13-7-8-14-21-17/h1-14,19H/t19-/m1/s1. The number of aromatic nitrogens is 1. The highest BCUT2D eigenvalue weighted by molar-refractivity contribution is 6.01. The van der Waals surface area contributed by atoms with E-state index in [-0.39, 0.29) is 11.5 Å². The third-order valence-corrected chi connectivity index (χ3v) is 3.50. The number of carbonyl (C=O) groups excluding carboxylic acids is 2. The first kappa shape index (κ1) is 15.6. The van der Waals surface area contributed by atoms with Crippen LogP contribution >= 0.6 is 0 Å². The molecule has 0 N–H and O–H groups in total. The third-order valence-electron chi connectivity index (χ3n) is 3.50. The number of Topliss-reactive ketones (excluding diaryl/α,β-unsaturated/α-hetero) is 1. The van der Waals surface area contributed by atoms with Gasteiger partial charge >= 0.3 is 5.97 Å². The summed E-state index contributed by atoms with van der Waals surface area (Å²) in [6.45, 7) is 0. The van der Waals surface area contributed by atoms with Crippen molar-refractivity contribution in [2.75, 3.05) is 0 Å². The molecule has 0 saturated heterocycles. The van der Waals surface area contributed by atoms with Gasteiger partial charge in [0.25, 0.3) is 0 Å². The van der Waals surface area contributed by atoms with Gasteiger partial charge in [-0.1, -0.05) is 66.7 Å². The summed E-state index contributed by atoms with van der Waals surface area (Å²) in [5.74, 6) is -0.903. The van der Waals surface area contributed by atoms with Crippen LogP contribution < -0.4 is 0 Å². The van der Waals surface area contributed by atoms with Crippen LogP contribution in [-0.4, -0.2) is 16.7 Å². The highest BCUT2D eigenvalue weighted by Crippen LogP contribution is 2.23. The molecular formula is C20H15NO3. The minimum atomic E-state index is -1.01. The molecule has 0 radical (unpaired) electrons. The molecule has 118 valence electrons. The van der Waals surface area contributed by atoms with Crippen LogP contribution in [0.1, 0.15) is 32.5 Å². The highest BCUT2D eigenvalue weighted by atomic mass is 16.5. The van der Waals surface area contributed by atoms with E-state index in [1.807, 2.05) is 12.1 Å². The topological polar surface area (TPSA) is 56.3 Å². The number of esters is 1. The Labute approximate surface area is 139 Å². The molecule has 0 amide bonds. The van der Waals surface area contributed by atoms with E-state index in [1.165, 1.54) is 6.20 Å². The summed E-state index contributed by atoms with van der Waals surface area (Å²) in [6, 6.07) is 22.7. The van der Waals surface area contributed by atoms with Crippen molar-refractivity contribution in [1.82, 2.24) is 4.98 Å². The largest absolute Gasteiger partial charge is 0.444 e. The lowest BCUT2D eigenvalue weighted by Crippen LogP contribution is -2.20. The van der Waals surface area contributed by atoms with E-state index < -0.39 is 12.1 Å². The summed E-state index contributed by atoms with van der Waals surface area (Å²) in [5, 5.41) is 0. The normalized spacial score (nSPS) is 11.5. The molecule has 3 rings (SSSR count). The molecule has 0 spiro atoms. The number of ketones is 1. The zero-order valence-electron chi connectivity index (χ0n) is 12.8. The molecule has 1 aromatic heterocycles. The molecule has 0 saturated carbocycles. The summed E-state index contributed by atoms with van der Waals surface area (Å²) in [6.07, 6.45) is 0.496. The number of hydrogen-bond acceptors (Lipinski definition) is 4. The second kappa shape index (κ2) is 7.33. The van der Waals surface area contributed by atoms with Crippen molar-refractivity contribution in [1.29, 1.82) is 0 Å². The maximum atomic E-state index is 12.8. The van der Waals surface area contributed by atoms with Gasteiger partial charge in [0.15, 0.2) is 6.10 Å². The summed E-state index contributed by atoms with van der Waals surface area (Å²) >= 11 is 0. The lowest BCUT2D eigenvalue weighted by atomic mass is 10.00. The van der Waals surface area contributed by atoms with Gasteiger partial charge in [0, 0.05) is 17.3 Å². The number of benzene rings is 2.